The lowest BCUT2D eigenvalue weighted by molar-refractivity contribution is -0.115. The van der Waals surface area contributed by atoms with E-state index in [0.717, 1.165) is 22.0 Å². The van der Waals surface area contributed by atoms with Gasteiger partial charge in [0.1, 0.15) is 0 Å². The molecule has 0 saturated carbocycles. The fourth-order valence-electron chi connectivity index (χ4n) is 2.36. The van der Waals surface area contributed by atoms with E-state index in [9.17, 15) is 4.79 Å². The molecule has 0 atom stereocenters. The molecule has 1 aromatic carbocycles. The molecule has 1 amide bonds. The van der Waals surface area contributed by atoms with Crippen LogP contribution in [0.5, 0.6) is 0 Å². The molecule has 1 N–H and O–H groups in total. The lowest BCUT2D eigenvalue weighted by Gasteiger charge is -2.02. The van der Waals surface area contributed by atoms with Crippen molar-refractivity contribution >= 4 is 33.7 Å². The van der Waals surface area contributed by atoms with Crippen molar-refractivity contribution in [2.24, 2.45) is 0 Å². The van der Waals surface area contributed by atoms with Gasteiger partial charge in [-0.3, -0.25) is 4.79 Å². The third-order valence-electron chi connectivity index (χ3n) is 3.96. The van der Waals surface area contributed by atoms with Crippen molar-refractivity contribution in [1.29, 1.82) is 0 Å². The van der Waals surface area contributed by atoms with Gasteiger partial charge in [0.05, 0.1) is 22.8 Å². The van der Waals surface area contributed by atoms with Gasteiger partial charge < -0.3 is 5.32 Å². The number of aromatic nitrogens is 2. The smallest absolute Gasteiger partial charge is 0.232 e. The predicted octanol–water partition coefficient (Wildman–Crippen LogP) is 5.19. The average molecular weight is 372 g/mol. The topological polar surface area (TPSA) is 54.9 Å². The van der Waals surface area contributed by atoms with Crippen molar-refractivity contribution in [2.75, 3.05) is 5.32 Å². The third-order valence-corrected chi connectivity index (χ3v) is 5.91. The number of hydrogen-bond acceptors (Lipinski definition) is 5. The number of rotatable bonds is 5. The molecule has 3 aromatic rings. The van der Waals surface area contributed by atoms with Crippen LogP contribution in [-0.4, -0.2) is 15.9 Å². The van der Waals surface area contributed by atoms with E-state index in [1.807, 2.05) is 10.8 Å². The number of aryl methyl sites for hydroxylation is 2. The van der Waals surface area contributed by atoms with Crippen molar-refractivity contribution < 1.29 is 4.79 Å². The molecular weight excluding hydrogens is 350 g/mol. The Bertz CT molecular complexity index is 896. The van der Waals surface area contributed by atoms with Crippen LogP contribution in [0.4, 0.5) is 5.13 Å². The summed E-state index contributed by atoms with van der Waals surface area (Å²) in [6, 6.07) is 6.28. The highest BCUT2D eigenvalue weighted by molar-refractivity contribution is 7.14. The summed E-state index contributed by atoms with van der Waals surface area (Å²) < 4.78 is 0. The van der Waals surface area contributed by atoms with E-state index in [1.54, 1.807) is 11.3 Å². The van der Waals surface area contributed by atoms with Gasteiger partial charge in [-0.2, -0.15) is 0 Å². The molecule has 25 heavy (non-hydrogen) atoms. The minimum atomic E-state index is -0.0819. The van der Waals surface area contributed by atoms with Crippen LogP contribution < -0.4 is 5.32 Å². The molecule has 4 nitrogen and oxygen atoms in total. The molecule has 0 bridgehead atoms. The molecule has 2 aromatic heterocycles. The molecular formula is C19H21N3OS2. The molecule has 0 aliphatic carbocycles. The molecule has 0 spiro atoms. The van der Waals surface area contributed by atoms with E-state index < -0.39 is 0 Å². The second-order valence-corrected chi connectivity index (χ2v) is 8.14. The van der Waals surface area contributed by atoms with Gasteiger partial charge in [0.15, 0.2) is 5.13 Å². The maximum Gasteiger partial charge on any atom is 0.232 e. The number of thiazole rings is 2. The SMILES string of the molecule is Cc1ccc(-c2csc(NC(=O)Cc3csc(C(C)C)n3)n2)cc1C. The highest BCUT2D eigenvalue weighted by Gasteiger charge is 2.12. The Hall–Kier alpha value is -2.05. The monoisotopic (exact) mass is 371 g/mol. The first kappa shape index (κ1) is 17.8. The average Bonchev–Trinajstić information content (AvgIpc) is 3.19. The fourth-order valence-corrected chi connectivity index (χ4v) is 3.93. The summed E-state index contributed by atoms with van der Waals surface area (Å²) in [6.45, 7) is 8.39. The molecule has 6 heteroatoms. The Kier molecular flexibility index (Phi) is 5.30. The predicted molar refractivity (Wildman–Crippen MR) is 106 cm³/mol. The number of nitrogens with one attached hydrogen (secondary N) is 1. The van der Waals surface area contributed by atoms with Crippen LogP contribution in [0, 0.1) is 13.8 Å². The van der Waals surface area contributed by atoms with E-state index in [0.29, 0.717) is 11.0 Å². The second kappa shape index (κ2) is 7.45. The molecule has 0 radical (unpaired) electrons. The summed E-state index contributed by atoms with van der Waals surface area (Å²) in [6.07, 6.45) is 0.280. The van der Waals surface area contributed by atoms with Crippen LogP contribution in [0.1, 0.15) is 41.6 Å². The largest absolute Gasteiger partial charge is 0.302 e. The van der Waals surface area contributed by atoms with E-state index >= 15 is 0 Å². The lowest BCUT2D eigenvalue weighted by atomic mass is 10.1. The number of carbonyl (C=O) groups is 1. The first-order chi connectivity index (χ1) is 11.9. The van der Waals surface area contributed by atoms with Gasteiger partial charge in [0.2, 0.25) is 5.91 Å². The molecule has 0 aliphatic rings. The van der Waals surface area contributed by atoms with E-state index in [-0.39, 0.29) is 12.3 Å². The highest BCUT2D eigenvalue weighted by atomic mass is 32.1. The van der Waals surface area contributed by atoms with Gasteiger partial charge in [-0.15, -0.1) is 22.7 Å². The standard InChI is InChI=1S/C19H21N3OS2/c1-11(2)18-20-15(9-24-18)8-17(23)22-19-21-16(10-25-19)14-6-5-12(3)13(4)7-14/h5-7,9-11H,8H2,1-4H3,(H,21,22,23). The summed E-state index contributed by atoms with van der Waals surface area (Å²) >= 11 is 3.05. The van der Waals surface area contributed by atoms with Gasteiger partial charge in [0, 0.05) is 22.2 Å². The Morgan fingerprint density at radius 2 is 1.92 bits per heavy atom. The van der Waals surface area contributed by atoms with Crippen molar-refractivity contribution in [2.45, 2.75) is 40.0 Å². The quantitative estimate of drug-likeness (QED) is 0.671. The maximum absolute atomic E-state index is 12.2. The van der Waals surface area contributed by atoms with Crippen molar-refractivity contribution in [3.05, 3.63) is 50.8 Å². The highest BCUT2D eigenvalue weighted by Crippen LogP contribution is 2.26. The summed E-state index contributed by atoms with van der Waals surface area (Å²) in [4.78, 5) is 21.3. The zero-order valence-electron chi connectivity index (χ0n) is 14.8. The zero-order chi connectivity index (χ0) is 18.0. The third kappa shape index (κ3) is 4.32. The summed E-state index contributed by atoms with van der Waals surface area (Å²) in [5.41, 5.74) is 5.27. The van der Waals surface area contributed by atoms with Gasteiger partial charge in [-0.25, -0.2) is 9.97 Å². The molecule has 3 rings (SSSR count). The Morgan fingerprint density at radius 3 is 2.60 bits per heavy atom. The Balaban J connectivity index is 1.66. The van der Waals surface area contributed by atoms with Crippen LogP contribution in [0.2, 0.25) is 0 Å². The van der Waals surface area contributed by atoms with E-state index in [1.165, 1.54) is 22.5 Å². The number of carbonyl (C=O) groups excluding carboxylic acids is 1. The number of anilines is 1. The van der Waals surface area contributed by atoms with Crippen molar-refractivity contribution in [3.63, 3.8) is 0 Å². The fraction of sp³-hybridized carbons (Fsp3) is 0.316. The summed E-state index contributed by atoms with van der Waals surface area (Å²) in [5.74, 6) is 0.308. The van der Waals surface area contributed by atoms with Crippen LogP contribution in [0.15, 0.2) is 29.0 Å². The van der Waals surface area contributed by atoms with Crippen LogP contribution in [-0.2, 0) is 11.2 Å². The molecule has 0 unspecified atom stereocenters. The van der Waals surface area contributed by atoms with Gasteiger partial charge in [-0.05, 0) is 31.0 Å². The Morgan fingerprint density at radius 1 is 1.12 bits per heavy atom. The first-order valence-electron chi connectivity index (χ1n) is 8.19. The summed E-state index contributed by atoms with van der Waals surface area (Å²) in [5, 5.41) is 8.49. The number of nitrogens with zero attached hydrogens (tertiary/aromatic N) is 2. The maximum atomic E-state index is 12.2. The van der Waals surface area contributed by atoms with Crippen LogP contribution in [0.3, 0.4) is 0 Å². The normalized spacial score (nSPS) is 11.1. The molecule has 0 aliphatic heterocycles. The van der Waals surface area contributed by atoms with Gasteiger partial charge in [0.25, 0.3) is 0 Å². The zero-order valence-corrected chi connectivity index (χ0v) is 16.4. The lowest BCUT2D eigenvalue weighted by Crippen LogP contribution is -2.14. The van der Waals surface area contributed by atoms with Crippen LogP contribution >= 0.6 is 22.7 Å². The molecule has 0 saturated heterocycles. The molecule has 130 valence electrons. The van der Waals surface area contributed by atoms with Gasteiger partial charge in [-0.1, -0.05) is 26.0 Å². The first-order valence-corrected chi connectivity index (χ1v) is 9.95. The van der Waals surface area contributed by atoms with Crippen molar-refractivity contribution in [3.8, 4) is 11.3 Å². The minimum Gasteiger partial charge on any atom is -0.302 e. The number of benzene rings is 1. The van der Waals surface area contributed by atoms with Gasteiger partial charge >= 0.3 is 0 Å². The van der Waals surface area contributed by atoms with E-state index in [4.69, 9.17) is 0 Å². The number of amides is 1. The Labute approximate surface area is 156 Å². The molecule has 2 heterocycles. The second-order valence-electron chi connectivity index (χ2n) is 6.39. The summed E-state index contributed by atoms with van der Waals surface area (Å²) in [7, 11) is 0. The minimum absolute atomic E-state index is 0.0819. The van der Waals surface area contributed by atoms with Crippen LogP contribution in [0.25, 0.3) is 11.3 Å². The molecule has 0 fully saturated rings. The number of hydrogen-bond donors (Lipinski definition) is 1. The van der Waals surface area contributed by atoms with E-state index in [2.05, 4.69) is 61.2 Å². The van der Waals surface area contributed by atoms with Crippen molar-refractivity contribution in [1.82, 2.24) is 9.97 Å².